The van der Waals surface area contributed by atoms with Gasteiger partial charge in [0.25, 0.3) is 5.91 Å². The Morgan fingerprint density at radius 1 is 1.19 bits per heavy atom. The molecule has 1 unspecified atom stereocenters. The van der Waals surface area contributed by atoms with Gasteiger partial charge >= 0.3 is 0 Å². The summed E-state index contributed by atoms with van der Waals surface area (Å²) in [4.78, 5) is 41.4. The minimum Gasteiger partial charge on any atom is -0.374 e. The van der Waals surface area contributed by atoms with Crippen LogP contribution in [0.4, 0.5) is 11.4 Å². The zero-order chi connectivity index (χ0) is 19.0. The fourth-order valence-corrected chi connectivity index (χ4v) is 4.55. The van der Waals surface area contributed by atoms with Crippen molar-refractivity contribution in [1.82, 2.24) is 9.80 Å². The normalized spacial score (nSPS) is 24.6. The Hall–Kier alpha value is -2.57. The van der Waals surface area contributed by atoms with Gasteiger partial charge in [0.05, 0.1) is 23.3 Å². The molecule has 0 aliphatic carbocycles. The predicted molar refractivity (Wildman–Crippen MR) is 103 cm³/mol. The van der Waals surface area contributed by atoms with Crippen molar-refractivity contribution in [3.05, 3.63) is 23.8 Å². The highest BCUT2D eigenvalue weighted by Crippen LogP contribution is 2.40. The molecule has 2 saturated heterocycles. The Balaban J connectivity index is 1.50. The van der Waals surface area contributed by atoms with E-state index in [4.69, 9.17) is 0 Å². The average Bonchev–Trinajstić information content (AvgIpc) is 3.09. The maximum absolute atomic E-state index is 13.0. The molecule has 4 rings (SSSR count). The van der Waals surface area contributed by atoms with Crippen molar-refractivity contribution in [2.75, 3.05) is 43.4 Å². The summed E-state index contributed by atoms with van der Waals surface area (Å²) in [6.45, 7) is 5.05. The molecule has 1 aromatic rings. The van der Waals surface area contributed by atoms with Crippen LogP contribution in [-0.4, -0.2) is 60.2 Å². The summed E-state index contributed by atoms with van der Waals surface area (Å²) in [7, 11) is 0. The minimum absolute atomic E-state index is 0.0742. The number of piperidine rings is 1. The molecule has 1 spiro atoms. The molecule has 2 fully saturated rings. The maximum Gasteiger partial charge on any atom is 0.253 e. The summed E-state index contributed by atoms with van der Waals surface area (Å²) in [5.74, 6) is 0.0266. The number of likely N-dealkylation sites (tertiary alicyclic amines) is 2. The second-order valence-corrected chi connectivity index (χ2v) is 7.81. The SMILES string of the molecule is CCCN1CCCC2(CCN(C(=O)c3ccc4c(c3)NC(=O)CN4)C2)C1=O. The number of nitrogens with zero attached hydrogens (tertiary/aromatic N) is 2. The molecule has 3 aliphatic rings. The first-order chi connectivity index (χ1) is 13.0. The molecule has 3 heterocycles. The van der Waals surface area contributed by atoms with Crippen LogP contribution in [0.15, 0.2) is 18.2 Å². The van der Waals surface area contributed by atoms with Gasteiger partial charge in [-0.05, 0) is 43.9 Å². The Labute approximate surface area is 159 Å². The summed E-state index contributed by atoms with van der Waals surface area (Å²) < 4.78 is 0. The van der Waals surface area contributed by atoms with E-state index in [-0.39, 0.29) is 24.3 Å². The van der Waals surface area contributed by atoms with Crippen LogP contribution in [0.1, 0.15) is 43.0 Å². The Morgan fingerprint density at radius 3 is 2.85 bits per heavy atom. The predicted octanol–water partition coefficient (Wildman–Crippen LogP) is 1.92. The monoisotopic (exact) mass is 370 g/mol. The van der Waals surface area contributed by atoms with Crippen molar-refractivity contribution in [2.24, 2.45) is 5.41 Å². The van der Waals surface area contributed by atoms with E-state index >= 15 is 0 Å². The van der Waals surface area contributed by atoms with E-state index in [1.807, 2.05) is 11.0 Å². The van der Waals surface area contributed by atoms with Gasteiger partial charge in [0.2, 0.25) is 11.8 Å². The van der Waals surface area contributed by atoms with Crippen molar-refractivity contribution >= 4 is 29.1 Å². The molecule has 2 N–H and O–H groups in total. The molecule has 7 nitrogen and oxygen atoms in total. The van der Waals surface area contributed by atoms with Gasteiger partial charge in [0, 0.05) is 31.7 Å². The molecular weight excluding hydrogens is 344 g/mol. The molecule has 3 amide bonds. The highest BCUT2D eigenvalue weighted by Gasteiger charge is 2.49. The third-order valence-electron chi connectivity index (χ3n) is 5.94. The zero-order valence-electron chi connectivity index (χ0n) is 15.7. The number of benzene rings is 1. The molecule has 27 heavy (non-hydrogen) atoms. The number of hydrogen-bond donors (Lipinski definition) is 2. The topological polar surface area (TPSA) is 81.8 Å². The second-order valence-electron chi connectivity index (χ2n) is 7.81. The first-order valence-electron chi connectivity index (χ1n) is 9.79. The highest BCUT2D eigenvalue weighted by atomic mass is 16.2. The van der Waals surface area contributed by atoms with Gasteiger partial charge in [0.1, 0.15) is 0 Å². The number of carbonyl (C=O) groups is 3. The second kappa shape index (κ2) is 6.87. The molecule has 1 atom stereocenters. The van der Waals surface area contributed by atoms with Crippen LogP contribution in [0.2, 0.25) is 0 Å². The number of carbonyl (C=O) groups excluding carboxylic acids is 3. The highest BCUT2D eigenvalue weighted by molar-refractivity contribution is 6.03. The van der Waals surface area contributed by atoms with E-state index in [2.05, 4.69) is 17.6 Å². The van der Waals surface area contributed by atoms with E-state index in [1.54, 1.807) is 17.0 Å². The Kier molecular flexibility index (Phi) is 4.53. The molecule has 0 radical (unpaired) electrons. The van der Waals surface area contributed by atoms with Gasteiger partial charge in [0.15, 0.2) is 0 Å². The molecular formula is C20H26N4O3. The Morgan fingerprint density at radius 2 is 2.04 bits per heavy atom. The van der Waals surface area contributed by atoms with Crippen LogP contribution in [0, 0.1) is 5.41 Å². The lowest BCUT2D eigenvalue weighted by Crippen LogP contribution is -2.50. The number of fused-ring (bicyclic) bond motifs is 1. The molecule has 0 bridgehead atoms. The molecule has 0 saturated carbocycles. The summed E-state index contributed by atoms with van der Waals surface area (Å²) in [6.07, 6.45) is 3.56. The number of nitrogens with one attached hydrogen (secondary N) is 2. The summed E-state index contributed by atoms with van der Waals surface area (Å²) in [5, 5.41) is 5.83. The van der Waals surface area contributed by atoms with Crippen molar-refractivity contribution in [1.29, 1.82) is 0 Å². The van der Waals surface area contributed by atoms with Gasteiger partial charge in [-0.25, -0.2) is 0 Å². The van der Waals surface area contributed by atoms with Gasteiger partial charge in [-0.2, -0.15) is 0 Å². The van der Waals surface area contributed by atoms with E-state index in [0.29, 0.717) is 24.3 Å². The van der Waals surface area contributed by atoms with Crippen LogP contribution in [0.5, 0.6) is 0 Å². The number of amides is 3. The number of hydrogen-bond acceptors (Lipinski definition) is 4. The van der Waals surface area contributed by atoms with Crippen molar-refractivity contribution in [3.8, 4) is 0 Å². The van der Waals surface area contributed by atoms with Crippen molar-refractivity contribution < 1.29 is 14.4 Å². The summed E-state index contributed by atoms with van der Waals surface area (Å²) in [5.41, 5.74) is 1.59. The van der Waals surface area contributed by atoms with Gasteiger partial charge in [-0.15, -0.1) is 0 Å². The minimum atomic E-state index is -0.410. The van der Waals surface area contributed by atoms with Gasteiger partial charge < -0.3 is 20.4 Å². The van der Waals surface area contributed by atoms with E-state index in [1.165, 1.54) is 0 Å². The van der Waals surface area contributed by atoms with Crippen LogP contribution >= 0.6 is 0 Å². The molecule has 3 aliphatic heterocycles. The standard InChI is InChI=1S/C20H26N4O3/c1-2-8-23-9-3-6-20(19(23)27)7-10-24(13-20)18(26)14-4-5-15-16(11-14)22-17(25)12-21-15/h4-5,11,21H,2-3,6-10,12-13H2,1H3,(H,22,25). The fraction of sp³-hybridized carbons (Fsp3) is 0.550. The summed E-state index contributed by atoms with van der Waals surface area (Å²) in [6, 6.07) is 5.32. The smallest absolute Gasteiger partial charge is 0.253 e. The number of anilines is 2. The Bertz CT molecular complexity index is 791. The van der Waals surface area contributed by atoms with E-state index in [0.717, 1.165) is 44.5 Å². The quantitative estimate of drug-likeness (QED) is 0.852. The lowest BCUT2D eigenvalue weighted by Gasteiger charge is -2.39. The third kappa shape index (κ3) is 3.15. The maximum atomic E-state index is 13.0. The van der Waals surface area contributed by atoms with Crippen molar-refractivity contribution in [3.63, 3.8) is 0 Å². The van der Waals surface area contributed by atoms with E-state index < -0.39 is 5.41 Å². The molecule has 7 heteroatoms. The molecule has 144 valence electrons. The lowest BCUT2D eigenvalue weighted by molar-refractivity contribution is -0.145. The zero-order valence-corrected chi connectivity index (χ0v) is 15.7. The molecule has 1 aromatic carbocycles. The van der Waals surface area contributed by atoms with Crippen LogP contribution in [-0.2, 0) is 9.59 Å². The average molecular weight is 370 g/mol. The van der Waals surface area contributed by atoms with Gasteiger partial charge in [-0.1, -0.05) is 6.92 Å². The first-order valence-corrected chi connectivity index (χ1v) is 9.79. The molecule has 0 aromatic heterocycles. The van der Waals surface area contributed by atoms with Crippen molar-refractivity contribution in [2.45, 2.75) is 32.6 Å². The summed E-state index contributed by atoms with van der Waals surface area (Å²) >= 11 is 0. The van der Waals surface area contributed by atoms with E-state index in [9.17, 15) is 14.4 Å². The number of rotatable bonds is 3. The third-order valence-corrected chi connectivity index (χ3v) is 5.94. The first kappa shape index (κ1) is 17.8. The van der Waals surface area contributed by atoms with Gasteiger partial charge in [-0.3, -0.25) is 14.4 Å². The van der Waals surface area contributed by atoms with Crippen LogP contribution in [0.3, 0.4) is 0 Å². The lowest BCUT2D eigenvalue weighted by atomic mass is 9.78. The van der Waals surface area contributed by atoms with Crippen LogP contribution in [0.25, 0.3) is 0 Å². The fourth-order valence-electron chi connectivity index (χ4n) is 4.55. The largest absolute Gasteiger partial charge is 0.374 e. The van der Waals surface area contributed by atoms with Crippen LogP contribution < -0.4 is 10.6 Å².